The minimum absolute atomic E-state index is 0.0496. The van der Waals surface area contributed by atoms with Crippen LogP contribution in [0.4, 0.5) is 0 Å². The Balaban J connectivity index is 3.49. The molecule has 130 valence electrons. The number of nitrogens with one attached hydrogen (secondary N) is 1. The van der Waals surface area contributed by atoms with E-state index in [2.05, 4.69) is 12.2 Å². The van der Waals surface area contributed by atoms with Crippen LogP contribution in [0.1, 0.15) is 84.0 Å². The highest BCUT2D eigenvalue weighted by Gasteiger charge is 2.12. The van der Waals surface area contributed by atoms with Gasteiger partial charge < -0.3 is 16.2 Å². The summed E-state index contributed by atoms with van der Waals surface area (Å²) in [6.07, 6.45) is 12.0. The number of carbonyl (C=O) groups is 2. The zero-order chi connectivity index (χ0) is 16.6. The molecule has 0 aromatic rings. The van der Waals surface area contributed by atoms with Gasteiger partial charge in [-0.25, -0.2) is 0 Å². The number of unbranched alkanes of at least 4 members (excludes halogenated alkanes) is 8. The predicted octanol–water partition coefficient (Wildman–Crippen LogP) is 2.65. The Bertz CT molecular complexity index is 296. The summed E-state index contributed by atoms with van der Waals surface area (Å²) in [5, 5.41) is 11.9. The maximum Gasteiger partial charge on any atom is 0.220 e. The minimum atomic E-state index is -0.411. The van der Waals surface area contributed by atoms with Crippen molar-refractivity contribution in [3.8, 4) is 0 Å². The third kappa shape index (κ3) is 13.9. The van der Waals surface area contributed by atoms with E-state index >= 15 is 0 Å². The molecule has 0 spiro atoms. The average Bonchev–Trinajstić information content (AvgIpc) is 2.49. The van der Waals surface area contributed by atoms with Crippen molar-refractivity contribution in [1.29, 1.82) is 0 Å². The number of amides is 2. The lowest BCUT2D eigenvalue weighted by Crippen LogP contribution is -2.38. The summed E-state index contributed by atoms with van der Waals surface area (Å²) in [6, 6.07) is -0.362. The zero-order valence-electron chi connectivity index (χ0n) is 14.1. The first-order valence-electron chi connectivity index (χ1n) is 8.78. The van der Waals surface area contributed by atoms with Crippen molar-refractivity contribution in [3.63, 3.8) is 0 Å². The second kappa shape index (κ2) is 14.8. The SMILES string of the molecule is CCCCCCCCCCCC(=O)NC(CO)CCC(N)=O. The number of hydrogen-bond donors (Lipinski definition) is 3. The molecule has 0 heterocycles. The maximum absolute atomic E-state index is 11.7. The molecular formula is C17H34N2O3. The molecular weight excluding hydrogens is 280 g/mol. The van der Waals surface area contributed by atoms with Crippen molar-refractivity contribution >= 4 is 11.8 Å². The highest BCUT2D eigenvalue weighted by Crippen LogP contribution is 2.10. The molecule has 1 unspecified atom stereocenters. The van der Waals surface area contributed by atoms with Crippen molar-refractivity contribution in [3.05, 3.63) is 0 Å². The van der Waals surface area contributed by atoms with Gasteiger partial charge in [0.15, 0.2) is 0 Å². The summed E-state index contributed by atoms with van der Waals surface area (Å²) in [5.74, 6) is -0.460. The normalized spacial score (nSPS) is 12.1. The lowest BCUT2D eigenvalue weighted by atomic mass is 10.1. The Morgan fingerprint density at radius 2 is 1.50 bits per heavy atom. The highest BCUT2D eigenvalue weighted by molar-refractivity contribution is 5.76. The fourth-order valence-corrected chi connectivity index (χ4v) is 2.42. The van der Waals surface area contributed by atoms with Crippen LogP contribution in [0.15, 0.2) is 0 Å². The summed E-state index contributed by atoms with van der Waals surface area (Å²) >= 11 is 0. The molecule has 0 aliphatic carbocycles. The number of carbonyl (C=O) groups excluding carboxylic acids is 2. The molecule has 0 saturated heterocycles. The van der Waals surface area contributed by atoms with Gasteiger partial charge in [-0.3, -0.25) is 9.59 Å². The molecule has 0 aliphatic rings. The van der Waals surface area contributed by atoms with E-state index in [0.29, 0.717) is 12.8 Å². The van der Waals surface area contributed by atoms with Crippen molar-refractivity contribution in [2.24, 2.45) is 5.73 Å². The number of aliphatic hydroxyl groups is 1. The summed E-state index contributed by atoms with van der Waals surface area (Å²) in [5.41, 5.74) is 5.06. The molecule has 0 aliphatic heterocycles. The fraction of sp³-hybridized carbons (Fsp3) is 0.882. The third-order valence-corrected chi connectivity index (χ3v) is 3.83. The molecule has 2 amide bonds. The summed E-state index contributed by atoms with van der Waals surface area (Å²) in [6.45, 7) is 2.07. The van der Waals surface area contributed by atoms with Gasteiger partial charge in [0, 0.05) is 12.8 Å². The van der Waals surface area contributed by atoms with Gasteiger partial charge in [0.05, 0.1) is 12.6 Å². The van der Waals surface area contributed by atoms with Gasteiger partial charge in [0.2, 0.25) is 11.8 Å². The van der Waals surface area contributed by atoms with Gasteiger partial charge in [-0.15, -0.1) is 0 Å². The van der Waals surface area contributed by atoms with Crippen LogP contribution in [-0.4, -0.2) is 29.6 Å². The molecule has 1 atom stereocenters. The molecule has 0 aromatic heterocycles. The molecule has 0 rings (SSSR count). The number of hydrogen-bond acceptors (Lipinski definition) is 3. The average molecular weight is 314 g/mol. The van der Waals surface area contributed by atoms with E-state index in [-0.39, 0.29) is 25.0 Å². The molecule has 22 heavy (non-hydrogen) atoms. The van der Waals surface area contributed by atoms with Crippen LogP contribution < -0.4 is 11.1 Å². The highest BCUT2D eigenvalue weighted by atomic mass is 16.3. The van der Waals surface area contributed by atoms with E-state index in [0.717, 1.165) is 12.8 Å². The van der Waals surface area contributed by atoms with Gasteiger partial charge in [-0.05, 0) is 12.8 Å². The quantitative estimate of drug-likeness (QED) is 0.406. The topological polar surface area (TPSA) is 92.4 Å². The van der Waals surface area contributed by atoms with Gasteiger partial charge in [0.25, 0.3) is 0 Å². The summed E-state index contributed by atoms with van der Waals surface area (Å²) < 4.78 is 0. The zero-order valence-corrected chi connectivity index (χ0v) is 14.1. The second-order valence-corrected chi connectivity index (χ2v) is 6.03. The summed E-state index contributed by atoms with van der Waals surface area (Å²) in [7, 11) is 0. The van der Waals surface area contributed by atoms with E-state index in [1.54, 1.807) is 0 Å². The number of nitrogens with two attached hydrogens (primary N) is 1. The fourth-order valence-electron chi connectivity index (χ4n) is 2.42. The van der Waals surface area contributed by atoms with Crippen molar-refractivity contribution < 1.29 is 14.7 Å². The standard InChI is InChI=1S/C17H34N2O3/c1-2-3-4-5-6-7-8-9-10-11-17(22)19-15(14-20)12-13-16(18)21/h15,20H,2-14H2,1H3,(H2,18,21)(H,19,22). The van der Waals surface area contributed by atoms with Crippen LogP contribution >= 0.6 is 0 Å². The lowest BCUT2D eigenvalue weighted by molar-refractivity contribution is -0.123. The molecule has 0 aromatic carbocycles. The molecule has 0 bridgehead atoms. The van der Waals surface area contributed by atoms with E-state index in [4.69, 9.17) is 10.8 Å². The molecule has 0 radical (unpaired) electrons. The first-order valence-corrected chi connectivity index (χ1v) is 8.78. The van der Waals surface area contributed by atoms with E-state index < -0.39 is 5.91 Å². The van der Waals surface area contributed by atoms with Crippen LogP contribution in [0.3, 0.4) is 0 Å². The number of rotatable bonds is 15. The minimum Gasteiger partial charge on any atom is -0.394 e. The predicted molar refractivity (Wildman–Crippen MR) is 89.3 cm³/mol. The Morgan fingerprint density at radius 1 is 0.955 bits per heavy atom. The van der Waals surface area contributed by atoms with E-state index in [1.165, 1.54) is 44.9 Å². The first-order chi connectivity index (χ1) is 10.6. The van der Waals surface area contributed by atoms with Gasteiger partial charge in [-0.1, -0.05) is 58.3 Å². The molecule has 4 N–H and O–H groups in total. The van der Waals surface area contributed by atoms with Crippen LogP contribution in [0.25, 0.3) is 0 Å². The molecule has 5 nitrogen and oxygen atoms in total. The Hall–Kier alpha value is -1.10. The van der Waals surface area contributed by atoms with E-state index in [9.17, 15) is 9.59 Å². The maximum atomic E-state index is 11.7. The number of aliphatic hydroxyl groups excluding tert-OH is 1. The van der Waals surface area contributed by atoms with Crippen LogP contribution in [0, 0.1) is 0 Å². The molecule has 0 fully saturated rings. The smallest absolute Gasteiger partial charge is 0.220 e. The van der Waals surface area contributed by atoms with Crippen LogP contribution in [0.2, 0.25) is 0 Å². The van der Waals surface area contributed by atoms with Crippen molar-refractivity contribution in [2.75, 3.05) is 6.61 Å². The van der Waals surface area contributed by atoms with E-state index in [1.807, 2.05) is 0 Å². The van der Waals surface area contributed by atoms with Crippen molar-refractivity contribution in [2.45, 2.75) is 90.0 Å². The van der Waals surface area contributed by atoms with Crippen LogP contribution in [0.5, 0.6) is 0 Å². The Morgan fingerprint density at radius 3 is 2.00 bits per heavy atom. The molecule has 5 heteroatoms. The Labute approximate surface area is 135 Å². The largest absolute Gasteiger partial charge is 0.394 e. The van der Waals surface area contributed by atoms with Crippen molar-refractivity contribution in [1.82, 2.24) is 5.32 Å². The number of primary amides is 1. The monoisotopic (exact) mass is 314 g/mol. The first kappa shape index (κ1) is 20.9. The summed E-state index contributed by atoms with van der Waals surface area (Å²) in [4.78, 5) is 22.4. The third-order valence-electron chi connectivity index (χ3n) is 3.83. The van der Waals surface area contributed by atoms with Gasteiger partial charge >= 0.3 is 0 Å². The Kier molecular flexibility index (Phi) is 14.1. The second-order valence-electron chi connectivity index (χ2n) is 6.03. The van der Waals surface area contributed by atoms with Gasteiger partial charge in [0.1, 0.15) is 0 Å². The van der Waals surface area contributed by atoms with Crippen LogP contribution in [-0.2, 0) is 9.59 Å². The van der Waals surface area contributed by atoms with Gasteiger partial charge in [-0.2, -0.15) is 0 Å². The lowest BCUT2D eigenvalue weighted by Gasteiger charge is -2.15. The molecule has 0 saturated carbocycles.